The van der Waals surface area contributed by atoms with E-state index in [4.69, 9.17) is 14.9 Å². The molecule has 0 unspecified atom stereocenters. The first kappa shape index (κ1) is 14.1. The zero-order chi connectivity index (χ0) is 15.5. The third-order valence-electron chi connectivity index (χ3n) is 3.26. The molecule has 1 heterocycles. The Balaban J connectivity index is 1.99. The minimum absolute atomic E-state index is 0.610. The highest BCUT2D eigenvalue weighted by atomic mass is 79.9. The Kier molecular flexibility index (Phi) is 3.78. The highest BCUT2D eigenvalue weighted by molar-refractivity contribution is 9.10. The Morgan fingerprint density at radius 3 is 1.77 bits per heavy atom. The molecule has 0 saturated heterocycles. The monoisotopic (exact) mass is 348 g/mol. The Hall–Kier alpha value is -2.82. The summed E-state index contributed by atoms with van der Waals surface area (Å²) in [6.45, 7) is 0. The molecule has 1 aromatic heterocycles. The van der Waals surface area contributed by atoms with Crippen LogP contribution in [0.4, 0.5) is 0 Å². The summed E-state index contributed by atoms with van der Waals surface area (Å²) in [6, 6.07) is 20.5. The summed E-state index contributed by atoms with van der Waals surface area (Å²) in [6.07, 6.45) is 0. The minimum Gasteiger partial charge on any atom is -0.455 e. The average Bonchev–Trinajstić information content (AvgIpc) is 2.97. The molecule has 0 amide bonds. The van der Waals surface area contributed by atoms with Gasteiger partial charge in [0.1, 0.15) is 11.5 Å². The molecule has 0 saturated carbocycles. The summed E-state index contributed by atoms with van der Waals surface area (Å²) in [5.74, 6) is 1.43. The standard InChI is InChI=1S/C18H9BrN2O/c19-16-9-17(14-5-1-12(10-20)2-6-14)22-18(16)15-7-3-13(11-21)4-8-15/h1-9H. The van der Waals surface area contributed by atoms with Crippen LogP contribution in [0.5, 0.6) is 0 Å². The molecule has 0 aliphatic heterocycles. The van der Waals surface area contributed by atoms with Crippen molar-refractivity contribution < 1.29 is 4.42 Å². The third-order valence-corrected chi connectivity index (χ3v) is 3.85. The summed E-state index contributed by atoms with van der Waals surface area (Å²) in [5, 5.41) is 17.7. The number of hydrogen-bond donors (Lipinski definition) is 0. The van der Waals surface area contributed by atoms with E-state index in [1.165, 1.54) is 0 Å². The number of benzene rings is 2. The van der Waals surface area contributed by atoms with Crippen LogP contribution >= 0.6 is 15.9 Å². The van der Waals surface area contributed by atoms with Gasteiger partial charge in [-0.2, -0.15) is 10.5 Å². The highest BCUT2D eigenvalue weighted by Gasteiger charge is 2.12. The zero-order valence-electron chi connectivity index (χ0n) is 11.4. The molecule has 22 heavy (non-hydrogen) atoms. The van der Waals surface area contributed by atoms with Gasteiger partial charge in [-0.3, -0.25) is 0 Å². The average molecular weight is 349 g/mol. The van der Waals surface area contributed by atoms with Crippen LogP contribution in [-0.2, 0) is 0 Å². The minimum atomic E-state index is 0.610. The predicted molar refractivity (Wildman–Crippen MR) is 86.7 cm³/mol. The molecular formula is C18H9BrN2O. The quantitative estimate of drug-likeness (QED) is 0.645. The van der Waals surface area contributed by atoms with Crippen molar-refractivity contribution in [2.75, 3.05) is 0 Å². The molecule has 3 aromatic rings. The van der Waals surface area contributed by atoms with E-state index in [1.807, 2.05) is 30.3 Å². The Labute approximate surface area is 136 Å². The molecule has 0 atom stereocenters. The maximum Gasteiger partial charge on any atom is 0.148 e. The molecule has 0 aliphatic rings. The van der Waals surface area contributed by atoms with Crippen molar-refractivity contribution in [1.29, 1.82) is 10.5 Å². The van der Waals surface area contributed by atoms with E-state index < -0.39 is 0 Å². The van der Waals surface area contributed by atoms with Gasteiger partial charge in [0.05, 0.1) is 27.7 Å². The van der Waals surface area contributed by atoms with E-state index >= 15 is 0 Å². The van der Waals surface area contributed by atoms with E-state index in [1.54, 1.807) is 24.3 Å². The smallest absolute Gasteiger partial charge is 0.148 e. The second kappa shape index (κ2) is 5.89. The first-order valence-electron chi connectivity index (χ1n) is 6.51. The number of nitrogens with zero attached hydrogens (tertiary/aromatic N) is 2. The van der Waals surface area contributed by atoms with Gasteiger partial charge in [-0.25, -0.2) is 0 Å². The Morgan fingerprint density at radius 2 is 1.27 bits per heavy atom. The number of rotatable bonds is 2. The molecule has 3 nitrogen and oxygen atoms in total. The van der Waals surface area contributed by atoms with Crippen molar-refractivity contribution in [2.45, 2.75) is 0 Å². The first-order valence-corrected chi connectivity index (χ1v) is 7.31. The molecule has 104 valence electrons. The van der Waals surface area contributed by atoms with E-state index in [0.29, 0.717) is 16.9 Å². The van der Waals surface area contributed by atoms with Crippen molar-refractivity contribution in [2.24, 2.45) is 0 Å². The van der Waals surface area contributed by atoms with E-state index in [-0.39, 0.29) is 0 Å². The molecular weight excluding hydrogens is 340 g/mol. The van der Waals surface area contributed by atoms with Crippen LogP contribution in [0.1, 0.15) is 11.1 Å². The van der Waals surface area contributed by atoms with Crippen LogP contribution in [0.2, 0.25) is 0 Å². The summed E-state index contributed by atoms with van der Waals surface area (Å²) in [7, 11) is 0. The lowest BCUT2D eigenvalue weighted by atomic mass is 10.1. The number of halogens is 1. The SMILES string of the molecule is N#Cc1ccc(-c2cc(Br)c(-c3ccc(C#N)cc3)o2)cc1. The largest absolute Gasteiger partial charge is 0.455 e. The van der Waals surface area contributed by atoms with Gasteiger partial charge in [-0.05, 0) is 70.5 Å². The van der Waals surface area contributed by atoms with E-state index in [0.717, 1.165) is 21.4 Å². The lowest BCUT2D eigenvalue weighted by Gasteiger charge is -1.99. The molecule has 4 heteroatoms. The van der Waals surface area contributed by atoms with Gasteiger partial charge in [-0.15, -0.1) is 0 Å². The second-order valence-corrected chi connectivity index (χ2v) is 5.52. The Bertz CT molecular complexity index is 894. The van der Waals surface area contributed by atoms with Gasteiger partial charge in [-0.1, -0.05) is 0 Å². The first-order chi connectivity index (χ1) is 10.7. The fourth-order valence-corrected chi connectivity index (χ4v) is 2.63. The van der Waals surface area contributed by atoms with Gasteiger partial charge >= 0.3 is 0 Å². The summed E-state index contributed by atoms with van der Waals surface area (Å²) >= 11 is 3.50. The zero-order valence-corrected chi connectivity index (χ0v) is 13.0. The summed E-state index contributed by atoms with van der Waals surface area (Å²) in [4.78, 5) is 0. The molecule has 0 radical (unpaired) electrons. The predicted octanol–water partition coefficient (Wildman–Crippen LogP) is 5.12. The molecule has 0 fully saturated rings. The summed E-state index contributed by atoms with van der Waals surface area (Å²) in [5.41, 5.74) is 3.02. The van der Waals surface area contributed by atoms with Crippen LogP contribution < -0.4 is 0 Å². The second-order valence-electron chi connectivity index (χ2n) is 4.67. The molecule has 0 aliphatic carbocycles. The molecule has 3 rings (SSSR count). The highest BCUT2D eigenvalue weighted by Crippen LogP contribution is 2.36. The van der Waals surface area contributed by atoms with Gasteiger partial charge in [0.25, 0.3) is 0 Å². The number of nitriles is 2. The normalized spacial score (nSPS) is 9.95. The Morgan fingerprint density at radius 1 is 0.773 bits per heavy atom. The molecule has 0 spiro atoms. The van der Waals surface area contributed by atoms with Crippen molar-refractivity contribution >= 4 is 15.9 Å². The molecule has 2 aromatic carbocycles. The van der Waals surface area contributed by atoms with Gasteiger partial charge in [0.15, 0.2) is 0 Å². The molecule has 0 N–H and O–H groups in total. The lowest BCUT2D eigenvalue weighted by Crippen LogP contribution is -1.77. The maximum absolute atomic E-state index is 8.84. The van der Waals surface area contributed by atoms with Crippen LogP contribution in [-0.4, -0.2) is 0 Å². The van der Waals surface area contributed by atoms with E-state index in [2.05, 4.69) is 28.1 Å². The molecule has 0 bridgehead atoms. The van der Waals surface area contributed by atoms with Crippen LogP contribution in [0.15, 0.2) is 63.5 Å². The fraction of sp³-hybridized carbons (Fsp3) is 0. The van der Waals surface area contributed by atoms with E-state index in [9.17, 15) is 0 Å². The fourth-order valence-electron chi connectivity index (χ4n) is 2.11. The number of hydrogen-bond acceptors (Lipinski definition) is 3. The summed E-state index contributed by atoms with van der Waals surface area (Å²) < 4.78 is 6.76. The van der Waals surface area contributed by atoms with Crippen LogP contribution in [0, 0.1) is 22.7 Å². The van der Waals surface area contributed by atoms with Gasteiger partial charge < -0.3 is 4.42 Å². The van der Waals surface area contributed by atoms with Crippen molar-refractivity contribution in [3.63, 3.8) is 0 Å². The van der Waals surface area contributed by atoms with Crippen molar-refractivity contribution in [1.82, 2.24) is 0 Å². The van der Waals surface area contributed by atoms with Crippen molar-refractivity contribution in [3.05, 3.63) is 70.2 Å². The third kappa shape index (κ3) is 2.65. The lowest BCUT2D eigenvalue weighted by molar-refractivity contribution is 0.596. The van der Waals surface area contributed by atoms with Crippen LogP contribution in [0.25, 0.3) is 22.6 Å². The van der Waals surface area contributed by atoms with Crippen LogP contribution in [0.3, 0.4) is 0 Å². The van der Waals surface area contributed by atoms with Gasteiger partial charge in [0.2, 0.25) is 0 Å². The van der Waals surface area contributed by atoms with Gasteiger partial charge in [0, 0.05) is 11.1 Å². The topological polar surface area (TPSA) is 60.7 Å². The number of furan rings is 1. The maximum atomic E-state index is 8.84. The van der Waals surface area contributed by atoms with Crippen molar-refractivity contribution in [3.8, 4) is 34.8 Å².